The number of aromatic hydroxyl groups is 1. The van der Waals surface area contributed by atoms with Gasteiger partial charge in [0.2, 0.25) is 0 Å². The maximum absolute atomic E-state index is 9.36. The molecule has 24 heavy (non-hydrogen) atoms. The van der Waals surface area contributed by atoms with Gasteiger partial charge in [0.25, 0.3) is 0 Å². The van der Waals surface area contributed by atoms with Gasteiger partial charge in [0.1, 0.15) is 5.75 Å². The highest BCUT2D eigenvalue weighted by Crippen LogP contribution is 2.16. The van der Waals surface area contributed by atoms with Gasteiger partial charge in [-0.2, -0.15) is 0 Å². The molecule has 6 heteroatoms. The number of phenols is 1. The molecule has 136 valence electrons. The minimum Gasteiger partial charge on any atom is -0.508 e. The van der Waals surface area contributed by atoms with E-state index in [1.807, 2.05) is 12.1 Å². The summed E-state index contributed by atoms with van der Waals surface area (Å²) < 4.78 is 0. The van der Waals surface area contributed by atoms with Crippen molar-refractivity contribution >= 4 is 29.9 Å². The SMILES string of the molecule is CCNC(=NCc1ccc(O)cc1)N1CCC(N(CC)CC)C1.I. The molecule has 1 aromatic carbocycles. The molecule has 1 aliphatic rings. The van der Waals surface area contributed by atoms with Crippen LogP contribution >= 0.6 is 24.0 Å². The quantitative estimate of drug-likeness (QED) is 0.401. The Balaban J connectivity index is 0.00000288. The number of hydrogen-bond donors (Lipinski definition) is 2. The first-order valence-corrected chi connectivity index (χ1v) is 8.73. The Labute approximate surface area is 163 Å². The number of likely N-dealkylation sites (tertiary alicyclic amines) is 1. The van der Waals surface area contributed by atoms with Crippen LogP contribution in [0.4, 0.5) is 0 Å². The Morgan fingerprint density at radius 1 is 1.25 bits per heavy atom. The molecule has 1 aliphatic heterocycles. The van der Waals surface area contributed by atoms with Crippen LogP contribution in [0, 0.1) is 0 Å². The van der Waals surface area contributed by atoms with Crippen molar-refractivity contribution in [3.63, 3.8) is 0 Å². The molecular weight excluding hydrogens is 415 g/mol. The second-order valence-electron chi connectivity index (χ2n) is 5.95. The van der Waals surface area contributed by atoms with E-state index in [0.29, 0.717) is 18.3 Å². The molecule has 1 saturated heterocycles. The fourth-order valence-corrected chi connectivity index (χ4v) is 3.17. The lowest BCUT2D eigenvalue weighted by Gasteiger charge is -2.27. The highest BCUT2D eigenvalue weighted by molar-refractivity contribution is 14.0. The van der Waals surface area contributed by atoms with Crippen LogP contribution in [0.15, 0.2) is 29.3 Å². The molecule has 0 aliphatic carbocycles. The van der Waals surface area contributed by atoms with Gasteiger partial charge in [-0.3, -0.25) is 4.90 Å². The van der Waals surface area contributed by atoms with Crippen LogP contribution in [0.3, 0.4) is 0 Å². The van der Waals surface area contributed by atoms with Crippen molar-refractivity contribution in [3.8, 4) is 5.75 Å². The molecule has 0 saturated carbocycles. The van der Waals surface area contributed by atoms with Crippen molar-refractivity contribution in [1.29, 1.82) is 0 Å². The summed E-state index contributed by atoms with van der Waals surface area (Å²) in [5.74, 6) is 1.29. The predicted octanol–water partition coefficient (Wildman–Crippen LogP) is 2.89. The Kier molecular flexibility index (Phi) is 9.43. The molecule has 1 fully saturated rings. The molecule has 1 heterocycles. The standard InChI is InChI=1S/C18H30N4O.HI/c1-4-19-18(20-13-15-7-9-17(23)10-8-15)22-12-11-16(14-22)21(5-2)6-3;/h7-10,16,23H,4-6,11-14H2,1-3H3,(H,19,20);1H. The number of guanidine groups is 1. The highest BCUT2D eigenvalue weighted by atomic mass is 127. The van der Waals surface area contributed by atoms with Crippen LogP contribution in [-0.2, 0) is 6.54 Å². The zero-order valence-corrected chi connectivity index (χ0v) is 17.4. The van der Waals surface area contributed by atoms with Crippen LogP contribution in [0.25, 0.3) is 0 Å². The summed E-state index contributed by atoms with van der Waals surface area (Å²) in [6.45, 7) is 12.4. The molecule has 1 aromatic rings. The van der Waals surface area contributed by atoms with Gasteiger partial charge in [0.15, 0.2) is 5.96 Å². The van der Waals surface area contributed by atoms with Crippen LogP contribution in [-0.4, -0.2) is 59.6 Å². The second-order valence-corrected chi connectivity index (χ2v) is 5.95. The maximum Gasteiger partial charge on any atom is 0.194 e. The molecule has 2 rings (SSSR count). The van der Waals surface area contributed by atoms with Crippen molar-refractivity contribution in [1.82, 2.24) is 15.1 Å². The molecular formula is C18H31IN4O. The minimum absolute atomic E-state index is 0. The van der Waals surface area contributed by atoms with Crippen molar-refractivity contribution < 1.29 is 5.11 Å². The van der Waals surface area contributed by atoms with Gasteiger partial charge in [-0.1, -0.05) is 26.0 Å². The number of likely N-dealkylation sites (N-methyl/N-ethyl adjacent to an activating group) is 1. The van der Waals surface area contributed by atoms with E-state index in [-0.39, 0.29) is 24.0 Å². The van der Waals surface area contributed by atoms with E-state index in [4.69, 9.17) is 4.99 Å². The number of nitrogens with zero attached hydrogens (tertiary/aromatic N) is 3. The van der Waals surface area contributed by atoms with Gasteiger partial charge in [0.05, 0.1) is 6.54 Å². The largest absolute Gasteiger partial charge is 0.508 e. The lowest BCUT2D eigenvalue weighted by atomic mass is 10.2. The Hall–Kier alpha value is -1.02. The first-order valence-electron chi connectivity index (χ1n) is 8.73. The van der Waals surface area contributed by atoms with Gasteiger partial charge < -0.3 is 15.3 Å². The van der Waals surface area contributed by atoms with Gasteiger partial charge in [-0.05, 0) is 44.1 Å². The van der Waals surface area contributed by atoms with E-state index in [9.17, 15) is 5.11 Å². The summed E-state index contributed by atoms with van der Waals surface area (Å²) in [5.41, 5.74) is 1.11. The fraction of sp³-hybridized carbons (Fsp3) is 0.611. The average Bonchev–Trinajstić information content (AvgIpc) is 3.04. The molecule has 0 bridgehead atoms. The maximum atomic E-state index is 9.36. The Morgan fingerprint density at radius 3 is 2.50 bits per heavy atom. The van der Waals surface area contributed by atoms with Crippen LogP contribution in [0.1, 0.15) is 32.8 Å². The smallest absolute Gasteiger partial charge is 0.194 e. The fourth-order valence-electron chi connectivity index (χ4n) is 3.17. The van der Waals surface area contributed by atoms with Gasteiger partial charge in [-0.15, -0.1) is 24.0 Å². The van der Waals surface area contributed by atoms with E-state index in [2.05, 4.69) is 35.9 Å². The predicted molar refractivity (Wildman–Crippen MR) is 111 cm³/mol. The van der Waals surface area contributed by atoms with Crippen LogP contribution in [0.5, 0.6) is 5.75 Å². The third kappa shape index (κ3) is 5.81. The lowest BCUT2D eigenvalue weighted by molar-refractivity contribution is 0.223. The van der Waals surface area contributed by atoms with Gasteiger partial charge in [0, 0.05) is 25.7 Å². The zero-order valence-electron chi connectivity index (χ0n) is 15.0. The molecule has 0 amide bonds. The first-order chi connectivity index (χ1) is 11.2. The van der Waals surface area contributed by atoms with Crippen LogP contribution < -0.4 is 5.32 Å². The highest BCUT2D eigenvalue weighted by Gasteiger charge is 2.27. The third-order valence-corrected chi connectivity index (χ3v) is 4.47. The number of phenolic OH excluding ortho intramolecular Hbond substituents is 1. The van der Waals surface area contributed by atoms with Crippen molar-refractivity contribution in [3.05, 3.63) is 29.8 Å². The van der Waals surface area contributed by atoms with E-state index in [1.54, 1.807) is 12.1 Å². The molecule has 0 radical (unpaired) electrons. The topological polar surface area (TPSA) is 51.1 Å². The number of halogens is 1. The number of benzene rings is 1. The monoisotopic (exact) mass is 446 g/mol. The number of aliphatic imine (C=N–C) groups is 1. The van der Waals surface area contributed by atoms with Crippen molar-refractivity contribution in [2.45, 2.75) is 39.8 Å². The summed E-state index contributed by atoms with van der Waals surface area (Å²) in [6, 6.07) is 7.90. The van der Waals surface area contributed by atoms with E-state index in [1.165, 1.54) is 6.42 Å². The minimum atomic E-state index is 0. The summed E-state index contributed by atoms with van der Waals surface area (Å²) in [4.78, 5) is 9.67. The summed E-state index contributed by atoms with van der Waals surface area (Å²) >= 11 is 0. The van der Waals surface area contributed by atoms with Crippen molar-refractivity contribution in [2.75, 3.05) is 32.7 Å². The third-order valence-electron chi connectivity index (χ3n) is 4.47. The van der Waals surface area contributed by atoms with Gasteiger partial charge in [-0.25, -0.2) is 4.99 Å². The summed E-state index contributed by atoms with van der Waals surface area (Å²) in [7, 11) is 0. The number of nitrogens with one attached hydrogen (secondary N) is 1. The molecule has 1 unspecified atom stereocenters. The first kappa shape index (κ1) is 21.0. The van der Waals surface area contributed by atoms with Gasteiger partial charge >= 0.3 is 0 Å². The molecule has 0 spiro atoms. The summed E-state index contributed by atoms with van der Waals surface area (Å²) in [5, 5.41) is 12.8. The number of hydrogen-bond acceptors (Lipinski definition) is 3. The molecule has 1 atom stereocenters. The molecule has 5 nitrogen and oxygen atoms in total. The van der Waals surface area contributed by atoms with E-state index < -0.39 is 0 Å². The number of rotatable bonds is 6. The van der Waals surface area contributed by atoms with E-state index >= 15 is 0 Å². The average molecular weight is 446 g/mol. The lowest BCUT2D eigenvalue weighted by Crippen LogP contribution is -2.43. The van der Waals surface area contributed by atoms with E-state index in [0.717, 1.165) is 44.2 Å². The van der Waals surface area contributed by atoms with Crippen molar-refractivity contribution in [2.24, 2.45) is 4.99 Å². The molecule has 0 aromatic heterocycles. The normalized spacial score (nSPS) is 17.9. The molecule has 2 N–H and O–H groups in total. The summed E-state index contributed by atoms with van der Waals surface area (Å²) in [6.07, 6.45) is 1.20. The Morgan fingerprint density at radius 2 is 1.92 bits per heavy atom. The Bertz CT molecular complexity index is 502. The second kappa shape index (κ2) is 10.8. The van der Waals surface area contributed by atoms with Crippen LogP contribution in [0.2, 0.25) is 0 Å². The zero-order chi connectivity index (χ0) is 16.7.